The summed E-state index contributed by atoms with van der Waals surface area (Å²) in [7, 11) is 1.56. The maximum absolute atomic E-state index is 11.8. The van der Waals surface area contributed by atoms with Crippen LogP contribution in [0.1, 0.15) is 28.4 Å². The van der Waals surface area contributed by atoms with Gasteiger partial charge in [0, 0.05) is 19.0 Å². The number of anilines is 1. The molecule has 1 fully saturated rings. The molecule has 7 heteroatoms. The number of nitrogens with zero attached hydrogens (tertiary/aromatic N) is 4. The van der Waals surface area contributed by atoms with Crippen LogP contribution in [-0.2, 0) is 0 Å². The molecule has 1 saturated heterocycles. The molecule has 2 aromatic carbocycles. The van der Waals surface area contributed by atoms with Crippen molar-refractivity contribution in [1.82, 2.24) is 15.0 Å². The molecule has 0 amide bonds. The van der Waals surface area contributed by atoms with Gasteiger partial charge in [-0.25, -0.2) is 4.79 Å². The molecule has 3 aromatic rings. The van der Waals surface area contributed by atoms with Gasteiger partial charge in [-0.15, -0.1) is 15.0 Å². The normalized spacial score (nSPS) is 16.5. The molecule has 138 valence electrons. The highest BCUT2D eigenvalue weighted by Gasteiger charge is 2.30. The summed E-state index contributed by atoms with van der Waals surface area (Å²) >= 11 is 0. The van der Waals surface area contributed by atoms with Crippen LogP contribution in [0.5, 0.6) is 5.75 Å². The predicted octanol–water partition coefficient (Wildman–Crippen LogP) is 2.97. The average Bonchev–Trinajstić information content (AvgIpc) is 3.36. The Morgan fingerprint density at radius 1 is 1.11 bits per heavy atom. The van der Waals surface area contributed by atoms with E-state index in [0.29, 0.717) is 23.2 Å². The third-order valence-corrected chi connectivity index (χ3v) is 4.86. The molecule has 2 heterocycles. The maximum atomic E-state index is 11.8. The van der Waals surface area contributed by atoms with Crippen LogP contribution in [0.2, 0.25) is 0 Å². The molecule has 27 heavy (non-hydrogen) atoms. The lowest BCUT2D eigenvalue weighted by atomic mass is 9.99. The van der Waals surface area contributed by atoms with Gasteiger partial charge in [-0.2, -0.15) is 0 Å². The summed E-state index contributed by atoms with van der Waals surface area (Å²) in [5, 5.41) is 18.3. The molecular formula is C20H20N4O3. The van der Waals surface area contributed by atoms with Gasteiger partial charge < -0.3 is 14.7 Å². The van der Waals surface area contributed by atoms with Crippen molar-refractivity contribution in [3.8, 4) is 11.4 Å². The lowest BCUT2D eigenvalue weighted by molar-refractivity contribution is 0.0690. The Morgan fingerprint density at radius 3 is 2.59 bits per heavy atom. The smallest absolute Gasteiger partial charge is 0.360 e. The summed E-state index contributed by atoms with van der Waals surface area (Å²) in [4.78, 5) is 15.1. The first-order valence-corrected chi connectivity index (χ1v) is 8.81. The van der Waals surface area contributed by atoms with Crippen molar-refractivity contribution < 1.29 is 14.6 Å². The van der Waals surface area contributed by atoms with Crippen molar-refractivity contribution in [1.29, 1.82) is 0 Å². The minimum atomic E-state index is -1.09. The average molecular weight is 364 g/mol. The fourth-order valence-electron chi connectivity index (χ4n) is 3.50. The summed E-state index contributed by atoms with van der Waals surface area (Å²) in [6, 6.07) is 17.5. The van der Waals surface area contributed by atoms with Gasteiger partial charge in [-0.3, -0.25) is 0 Å². The lowest BCUT2D eigenvalue weighted by Crippen LogP contribution is -2.22. The first-order valence-electron chi connectivity index (χ1n) is 8.81. The van der Waals surface area contributed by atoms with Crippen molar-refractivity contribution >= 4 is 11.8 Å². The Hall–Kier alpha value is -3.35. The van der Waals surface area contributed by atoms with Gasteiger partial charge in [0.05, 0.1) is 7.11 Å². The van der Waals surface area contributed by atoms with Crippen molar-refractivity contribution in [2.24, 2.45) is 0 Å². The van der Waals surface area contributed by atoms with Gasteiger partial charge in [0.2, 0.25) is 5.69 Å². The van der Waals surface area contributed by atoms with E-state index in [1.165, 1.54) is 10.4 Å². The number of carbonyl (C=O) groups is 1. The number of aromatic nitrogens is 3. The monoisotopic (exact) mass is 364 g/mol. The van der Waals surface area contributed by atoms with Crippen LogP contribution in [0.15, 0.2) is 54.6 Å². The Kier molecular flexibility index (Phi) is 4.50. The van der Waals surface area contributed by atoms with Gasteiger partial charge in [-0.1, -0.05) is 42.5 Å². The van der Waals surface area contributed by atoms with E-state index in [4.69, 9.17) is 4.74 Å². The van der Waals surface area contributed by atoms with Crippen LogP contribution in [0.3, 0.4) is 0 Å². The molecule has 0 aliphatic carbocycles. The largest absolute Gasteiger partial charge is 0.494 e. The van der Waals surface area contributed by atoms with E-state index in [-0.39, 0.29) is 5.69 Å². The molecule has 0 saturated carbocycles. The van der Waals surface area contributed by atoms with E-state index in [1.807, 2.05) is 35.2 Å². The lowest BCUT2D eigenvalue weighted by Gasteiger charge is -2.16. The molecule has 0 unspecified atom stereocenters. The zero-order valence-electron chi connectivity index (χ0n) is 14.9. The van der Waals surface area contributed by atoms with Crippen LogP contribution in [0.25, 0.3) is 5.69 Å². The zero-order chi connectivity index (χ0) is 18.8. The third kappa shape index (κ3) is 3.23. The second-order valence-electron chi connectivity index (χ2n) is 6.48. The first-order chi connectivity index (χ1) is 13.2. The van der Waals surface area contributed by atoms with Gasteiger partial charge >= 0.3 is 5.97 Å². The number of ether oxygens (including phenoxy) is 1. The Morgan fingerprint density at radius 2 is 1.85 bits per heavy atom. The molecule has 1 aliphatic rings. The SMILES string of the molecule is COc1ccccc1-n1nc(C(=O)O)c(N2CC[C@@H](c3ccccc3)C2)n1. The first kappa shape index (κ1) is 17.1. The van der Waals surface area contributed by atoms with Crippen LogP contribution < -0.4 is 9.64 Å². The highest BCUT2D eigenvalue weighted by Crippen LogP contribution is 2.32. The predicted molar refractivity (Wildman–Crippen MR) is 101 cm³/mol. The number of aromatic carboxylic acids is 1. The highest BCUT2D eigenvalue weighted by atomic mass is 16.5. The Balaban J connectivity index is 1.67. The third-order valence-electron chi connectivity index (χ3n) is 4.86. The van der Waals surface area contributed by atoms with E-state index in [0.717, 1.165) is 19.5 Å². The number of benzene rings is 2. The summed E-state index contributed by atoms with van der Waals surface area (Å²) in [6.45, 7) is 1.46. The van der Waals surface area contributed by atoms with Crippen molar-refractivity contribution in [3.63, 3.8) is 0 Å². The molecule has 0 bridgehead atoms. The minimum Gasteiger partial charge on any atom is -0.494 e. The summed E-state index contributed by atoms with van der Waals surface area (Å²) in [5.74, 6) is 0.241. The molecular weight excluding hydrogens is 344 g/mol. The number of carboxylic acids is 1. The fourth-order valence-corrected chi connectivity index (χ4v) is 3.50. The van der Waals surface area contributed by atoms with E-state index >= 15 is 0 Å². The number of para-hydroxylation sites is 2. The number of hydrogen-bond acceptors (Lipinski definition) is 5. The van der Waals surface area contributed by atoms with Crippen molar-refractivity contribution in [2.75, 3.05) is 25.1 Å². The molecule has 7 nitrogen and oxygen atoms in total. The number of rotatable bonds is 5. The standard InChI is InChI=1S/C20H20N4O3/c1-27-17-10-6-5-9-16(17)24-21-18(20(25)26)19(22-24)23-12-11-15(13-23)14-7-3-2-4-8-14/h2-10,15H,11-13H2,1H3,(H,25,26)/t15-/m1/s1. The molecule has 1 aromatic heterocycles. The van der Waals surface area contributed by atoms with Crippen LogP contribution >= 0.6 is 0 Å². The highest BCUT2D eigenvalue weighted by molar-refractivity contribution is 5.91. The molecule has 1 aliphatic heterocycles. The van der Waals surface area contributed by atoms with Gasteiger partial charge in [-0.05, 0) is 24.1 Å². The van der Waals surface area contributed by atoms with E-state index in [1.54, 1.807) is 19.2 Å². The molecule has 0 spiro atoms. The van der Waals surface area contributed by atoms with Crippen LogP contribution in [0.4, 0.5) is 5.82 Å². The van der Waals surface area contributed by atoms with Crippen LogP contribution in [-0.4, -0.2) is 46.3 Å². The fraction of sp³-hybridized carbons (Fsp3) is 0.250. The Labute approximate surface area is 156 Å². The molecule has 1 atom stereocenters. The summed E-state index contributed by atoms with van der Waals surface area (Å²) < 4.78 is 5.35. The van der Waals surface area contributed by atoms with E-state index in [9.17, 15) is 9.90 Å². The number of hydrogen-bond donors (Lipinski definition) is 1. The summed E-state index contributed by atoms with van der Waals surface area (Å²) in [6.07, 6.45) is 0.949. The topological polar surface area (TPSA) is 80.5 Å². The number of carboxylic acid groups (broad SMARTS) is 1. The Bertz CT molecular complexity index is 955. The zero-order valence-corrected chi connectivity index (χ0v) is 14.9. The van der Waals surface area contributed by atoms with Crippen molar-refractivity contribution in [3.05, 3.63) is 65.9 Å². The van der Waals surface area contributed by atoms with E-state index < -0.39 is 5.97 Å². The van der Waals surface area contributed by atoms with Gasteiger partial charge in [0.25, 0.3) is 0 Å². The molecule has 0 radical (unpaired) electrons. The maximum Gasteiger partial charge on any atom is 0.360 e. The quantitative estimate of drug-likeness (QED) is 0.750. The molecule has 4 rings (SSSR count). The second kappa shape index (κ2) is 7.11. The van der Waals surface area contributed by atoms with Crippen molar-refractivity contribution in [2.45, 2.75) is 12.3 Å². The second-order valence-corrected chi connectivity index (χ2v) is 6.48. The summed E-state index contributed by atoms with van der Waals surface area (Å²) in [5.41, 5.74) is 1.82. The van der Waals surface area contributed by atoms with Gasteiger partial charge in [0.1, 0.15) is 11.4 Å². The van der Waals surface area contributed by atoms with Gasteiger partial charge in [0.15, 0.2) is 5.82 Å². The van der Waals surface area contributed by atoms with E-state index in [2.05, 4.69) is 22.3 Å². The number of methoxy groups -OCH3 is 1. The minimum absolute atomic E-state index is 0.0467. The molecule has 1 N–H and O–H groups in total. The van der Waals surface area contributed by atoms with Crippen LogP contribution in [0, 0.1) is 0 Å².